The van der Waals surface area contributed by atoms with E-state index in [0.717, 1.165) is 5.69 Å². The number of carbonyl (C=O) groups excluding carboxylic acids is 1. The van der Waals surface area contributed by atoms with Gasteiger partial charge >= 0.3 is 0 Å². The molecule has 1 aromatic carbocycles. The normalized spacial score (nSPS) is 14.0. The highest BCUT2D eigenvalue weighted by Gasteiger charge is 2.24. The molecular weight excluding hydrogens is 330 g/mol. The molecule has 2 heterocycles. The third kappa shape index (κ3) is 3.16. The molecule has 0 aliphatic carbocycles. The van der Waals surface area contributed by atoms with E-state index in [0.29, 0.717) is 16.7 Å². The second kappa shape index (κ2) is 6.68. The van der Waals surface area contributed by atoms with E-state index in [1.165, 1.54) is 11.8 Å². The van der Waals surface area contributed by atoms with Gasteiger partial charge in [-0.15, -0.1) is 5.10 Å². The zero-order valence-corrected chi connectivity index (χ0v) is 14.8. The summed E-state index contributed by atoms with van der Waals surface area (Å²) < 4.78 is 12.3. The van der Waals surface area contributed by atoms with Gasteiger partial charge in [0.1, 0.15) is 0 Å². The lowest BCUT2D eigenvalue weighted by atomic mass is 10.3. The number of amides is 1. The van der Waals surface area contributed by atoms with Crippen LogP contribution in [-0.2, 0) is 4.79 Å². The van der Waals surface area contributed by atoms with Gasteiger partial charge in [-0.3, -0.25) is 4.79 Å². The summed E-state index contributed by atoms with van der Waals surface area (Å²) in [4.78, 5) is 14.1. The number of ether oxygens (including phenoxy) is 2. The molecule has 0 saturated heterocycles. The molecule has 0 spiro atoms. The molecule has 0 saturated carbocycles. The van der Waals surface area contributed by atoms with Crippen LogP contribution in [0.5, 0.6) is 11.5 Å². The average Bonchev–Trinajstić information content (AvgIpc) is 3.21. The van der Waals surface area contributed by atoms with E-state index in [-0.39, 0.29) is 24.0 Å². The maximum Gasteiger partial charge on any atom is 0.235 e. The Morgan fingerprint density at radius 1 is 1.29 bits per heavy atom. The zero-order valence-electron chi connectivity index (χ0n) is 14.0. The van der Waals surface area contributed by atoms with Crippen molar-refractivity contribution < 1.29 is 14.3 Å². The van der Waals surface area contributed by atoms with Crippen LogP contribution < -0.4 is 9.47 Å². The molecule has 2 aromatic rings. The zero-order chi connectivity index (χ0) is 17.3. The summed E-state index contributed by atoms with van der Waals surface area (Å²) in [6.45, 7) is 6.02. The van der Waals surface area contributed by atoms with E-state index in [2.05, 4.69) is 15.5 Å². The minimum Gasteiger partial charge on any atom is -0.454 e. The monoisotopic (exact) mass is 349 g/mol. The molecule has 1 atom stereocenters. The molecule has 128 valence electrons. The van der Waals surface area contributed by atoms with Gasteiger partial charge in [0.15, 0.2) is 11.5 Å². The minimum atomic E-state index is -0.295. The van der Waals surface area contributed by atoms with E-state index in [1.54, 1.807) is 16.6 Å². The number of fused-ring (bicyclic) bond motifs is 1. The van der Waals surface area contributed by atoms with Gasteiger partial charge in [-0.05, 0) is 43.3 Å². The molecule has 1 aromatic heterocycles. The molecule has 8 nitrogen and oxygen atoms in total. The average molecular weight is 349 g/mol. The molecule has 0 unspecified atom stereocenters. The van der Waals surface area contributed by atoms with E-state index in [9.17, 15) is 4.79 Å². The van der Waals surface area contributed by atoms with Crippen molar-refractivity contribution in [2.75, 3.05) is 13.8 Å². The Hall–Kier alpha value is -2.29. The summed E-state index contributed by atoms with van der Waals surface area (Å²) in [6.07, 6.45) is 0. The Labute approximate surface area is 144 Å². The topological polar surface area (TPSA) is 82.4 Å². The van der Waals surface area contributed by atoms with Crippen LogP contribution in [0.25, 0.3) is 5.69 Å². The van der Waals surface area contributed by atoms with E-state index in [1.807, 2.05) is 39.0 Å². The van der Waals surface area contributed by atoms with Crippen molar-refractivity contribution in [3.05, 3.63) is 18.2 Å². The van der Waals surface area contributed by atoms with E-state index >= 15 is 0 Å². The van der Waals surface area contributed by atoms with Gasteiger partial charge in [0.25, 0.3) is 0 Å². The van der Waals surface area contributed by atoms with Crippen molar-refractivity contribution in [3.8, 4) is 17.2 Å². The van der Waals surface area contributed by atoms with Gasteiger partial charge in [-0.1, -0.05) is 11.8 Å². The number of aromatic nitrogens is 4. The van der Waals surface area contributed by atoms with Crippen molar-refractivity contribution in [3.63, 3.8) is 0 Å². The van der Waals surface area contributed by atoms with Crippen molar-refractivity contribution in [1.29, 1.82) is 0 Å². The Morgan fingerprint density at radius 3 is 2.79 bits per heavy atom. The van der Waals surface area contributed by atoms with Crippen LogP contribution >= 0.6 is 11.8 Å². The molecule has 3 rings (SSSR count). The SMILES string of the molecule is CC(C)N(C)C(=O)[C@H](C)Sc1nnnn1-c1ccc2c(c1)OCO2. The number of benzene rings is 1. The number of nitrogens with zero attached hydrogens (tertiary/aromatic N) is 5. The van der Waals surface area contributed by atoms with Gasteiger partial charge in [0.2, 0.25) is 17.9 Å². The highest BCUT2D eigenvalue weighted by molar-refractivity contribution is 8.00. The van der Waals surface area contributed by atoms with Gasteiger partial charge < -0.3 is 14.4 Å². The number of tetrazole rings is 1. The Morgan fingerprint density at radius 2 is 2.04 bits per heavy atom. The highest BCUT2D eigenvalue weighted by atomic mass is 32.2. The predicted molar refractivity (Wildman–Crippen MR) is 88.5 cm³/mol. The standard InChI is InChI=1S/C15H19N5O3S/c1-9(2)19(4)14(21)10(3)24-15-16-17-18-20(15)11-5-6-12-13(7-11)23-8-22-12/h5-7,9-10H,8H2,1-4H3/t10-/m0/s1. The largest absolute Gasteiger partial charge is 0.454 e. The predicted octanol–water partition coefficient (Wildman–Crippen LogP) is 1.74. The van der Waals surface area contributed by atoms with Gasteiger partial charge in [0, 0.05) is 19.2 Å². The van der Waals surface area contributed by atoms with Crippen LogP contribution in [0.1, 0.15) is 20.8 Å². The van der Waals surface area contributed by atoms with Crippen molar-refractivity contribution >= 4 is 17.7 Å². The summed E-state index contributed by atoms with van der Waals surface area (Å²) >= 11 is 1.32. The number of rotatable bonds is 5. The molecule has 24 heavy (non-hydrogen) atoms. The first kappa shape index (κ1) is 16.6. The lowest BCUT2D eigenvalue weighted by Crippen LogP contribution is -2.38. The molecule has 0 radical (unpaired) electrons. The molecule has 1 aliphatic rings. The van der Waals surface area contributed by atoms with Gasteiger partial charge in [-0.2, -0.15) is 4.68 Å². The summed E-state index contributed by atoms with van der Waals surface area (Å²) in [5, 5.41) is 12.0. The number of thioether (sulfide) groups is 1. The smallest absolute Gasteiger partial charge is 0.235 e. The van der Waals surface area contributed by atoms with Crippen LogP contribution in [0.15, 0.2) is 23.4 Å². The number of carbonyl (C=O) groups is 1. The molecular formula is C15H19N5O3S. The molecule has 1 amide bonds. The summed E-state index contributed by atoms with van der Waals surface area (Å²) in [6, 6.07) is 5.62. The van der Waals surface area contributed by atoms with Gasteiger partial charge in [-0.25, -0.2) is 0 Å². The highest BCUT2D eigenvalue weighted by Crippen LogP contribution is 2.34. The fourth-order valence-electron chi connectivity index (χ4n) is 2.18. The lowest BCUT2D eigenvalue weighted by Gasteiger charge is -2.24. The molecule has 1 aliphatic heterocycles. The number of hydrogen-bond donors (Lipinski definition) is 0. The summed E-state index contributed by atoms with van der Waals surface area (Å²) in [7, 11) is 1.80. The number of hydrogen-bond acceptors (Lipinski definition) is 7. The van der Waals surface area contributed by atoms with Crippen LogP contribution in [0.2, 0.25) is 0 Å². The van der Waals surface area contributed by atoms with E-state index < -0.39 is 0 Å². The quantitative estimate of drug-likeness (QED) is 0.760. The fraction of sp³-hybridized carbons (Fsp3) is 0.467. The van der Waals surface area contributed by atoms with Crippen LogP contribution in [0, 0.1) is 0 Å². The van der Waals surface area contributed by atoms with Crippen LogP contribution in [0.3, 0.4) is 0 Å². The second-order valence-corrected chi connectivity index (χ2v) is 7.02. The molecule has 9 heteroatoms. The van der Waals surface area contributed by atoms with E-state index in [4.69, 9.17) is 9.47 Å². The van der Waals surface area contributed by atoms with Crippen molar-refractivity contribution in [1.82, 2.24) is 25.1 Å². The lowest BCUT2D eigenvalue weighted by molar-refractivity contribution is -0.130. The summed E-state index contributed by atoms with van der Waals surface area (Å²) in [5.74, 6) is 1.39. The molecule has 0 fully saturated rings. The first-order valence-electron chi connectivity index (χ1n) is 7.59. The van der Waals surface area contributed by atoms with Crippen LogP contribution in [-0.4, -0.2) is 56.1 Å². The van der Waals surface area contributed by atoms with Crippen molar-refractivity contribution in [2.45, 2.75) is 37.2 Å². The van der Waals surface area contributed by atoms with Gasteiger partial charge in [0.05, 0.1) is 10.9 Å². The third-order valence-corrected chi connectivity index (χ3v) is 4.81. The Balaban J connectivity index is 1.79. The first-order chi connectivity index (χ1) is 11.5. The minimum absolute atomic E-state index is 0.0373. The Kier molecular flexibility index (Phi) is 4.61. The second-order valence-electron chi connectivity index (χ2n) is 5.71. The maximum atomic E-state index is 12.4. The third-order valence-electron chi connectivity index (χ3n) is 3.79. The summed E-state index contributed by atoms with van der Waals surface area (Å²) in [5.41, 5.74) is 0.753. The maximum absolute atomic E-state index is 12.4. The molecule has 0 N–H and O–H groups in total. The molecule has 0 bridgehead atoms. The fourth-order valence-corrected chi connectivity index (χ4v) is 3.09. The van der Waals surface area contributed by atoms with Crippen molar-refractivity contribution in [2.24, 2.45) is 0 Å². The Bertz CT molecular complexity index is 748. The first-order valence-corrected chi connectivity index (χ1v) is 8.47. The van der Waals surface area contributed by atoms with Crippen LogP contribution in [0.4, 0.5) is 0 Å².